The zero-order valence-corrected chi connectivity index (χ0v) is 17.6. The molecule has 7 heteroatoms. The van der Waals surface area contributed by atoms with E-state index >= 15 is 0 Å². The highest BCUT2D eigenvalue weighted by molar-refractivity contribution is 5.85. The first-order chi connectivity index (χ1) is 14.8. The molecule has 4 heterocycles. The highest BCUT2D eigenvalue weighted by Crippen LogP contribution is 2.38. The maximum Gasteiger partial charge on any atom is 0.224 e. The lowest BCUT2D eigenvalue weighted by Gasteiger charge is -2.27. The topological polar surface area (TPSA) is 89.4 Å². The average Bonchev–Trinajstić information content (AvgIpc) is 3.28. The van der Waals surface area contributed by atoms with Crippen LogP contribution in [0.5, 0.6) is 5.88 Å². The van der Waals surface area contributed by atoms with Crippen LogP contribution in [0.4, 0.5) is 0 Å². The first-order valence-electron chi connectivity index (χ1n) is 11.5. The normalized spacial score (nSPS) is 28.1. The van der Waals surface area contributed by atoms with E-state index < -0.39 is 0 Å². The zero-order valence-electron chi connectivity index (χ0n) is 17.6. The van der Waals surface area contributed by atoms with Gasteiger partial charge in [-0.2, -0.15) is 0 Å². The summed E-state index contributed by atoms with van der Waals surface area (Å²) in [5.74, 6) is 2.55. The molecule has 0 bridgehead atoms. The van der Waals surface area contributed by atoms with Gasteiger partial charge in [0.1, 0.15) is 11.9 Å². The lowest BCUT2D eigenvalue weighted by Crippen LogP contribution is -2.26. The van der Waals surface area contributed by atoms with E-state index in [0.29, 0.717) is 17.7 Å². The Morgan fingerprint density at radius 2 is 1.87 bits per heavy atom. The molecule has 2 saturated heterocycles. The van der Waals surface area contributed by atoms with Gasteiger partial charge in [0.25, 0.3) is 0 Å². The summed E-state index contributed by atoms with van der Waals surface area (Å²) in [5.41, 5.74) is 2.17. The van der Waals surface area contributed by atoms with Gasteiger partial charge in [-0.25, -0.2) is 15.0 Å². The van der Waals surface area contributed by atoms with Gasteiger partial charge in [-0.05, 0) is 57.0 Å². The smallest absolute Gasteiger partial charge is 0.224 e. The number of aliphatic hydroxyl groups excluding tert-OH is 1. The van der Waals surface area contributed by atoms with Gasteiger partial charge in [0, 0.05) is 37.2 Å². The minimum Gasteiger partial charge on any atom is -0.474 e. The number of pyridine rings is 1. The van der Waals surface area contributed by atoms with Gasteiger partial charge in [0.15, 0.2) is 0 Å². The van der Waals surface area contributed by atoms with Crippen molar-refractivity contribution < 1.29 is 14.6 Å². The Morgan fingerprint density at radius 1 is 1.03 bits per heavy atom. The molecule has 2 aromatic heterocycles. The molecule has 7 nitrogen and oxygen atoms in total. The Kier molecular flexibility index (Phi) is 6.11. The second kappa shape index (κ2) is 9.12. The van der Waals surface area contributed by atoms with Crippen LogP contribution in [0.25, 0.3) is 10.9 Å². The van der Waals surface area contributed by atoms with Gasteiger partial charge in [-0.15, -0.1) is 0 Å². The molecule has 5 rings (SSSR count). The molecule has 0 amide bonds. The molecule has 1 saturated carbocycles. The van der Waals surface area contributed by atoms with Gasteiger partial charge >= 0.3 is 0 Å². The van der Waals surface area contributed by atoms with Gasteiger partial charge < -0.3 is 19.9 Å². The third kappa shape index (κ3) is 4.43. The van der Waals surface area contributed by atoms with Crippen LogP contribution in [0.3, 0.4) is 0 Å². The van der Waals surface area contributed by atoms with Crippen molar-refractivity contribution in [3.05, 3.63) is 23.8 Å². The Labute approximate surface area is 177 Å². The quantitative estimate of drug-likeness (QED) is 0.780. The summed E-state index contributed by atoms with van der Waals surface area (Å²) in [5, 5.41) is 14.3. The standard InChI is InChI=1S/C23H32N4O3/c28-17-3-1-16(2-4-17)19-13-26-23(30-18-6-9-29-10-7-18)20-14-25-21(27-22(19)20)11-15-5-8-24-12-15/h13-18,24,28H,1-12H2/t15-,16?,17?/m1/s1. The van der Waals surface area contributed by atoms with Crippen LogP contribution in [0, 0.1) is 5.92 Å². The monoisotopic (exact) mass is 412 g/mol. The van der Waals surface area contributed by atoms with Crippen molar-refractivity contribution in [1.29, 1.82) is 0 Å². The number of nitrogens with zero attached hydrogens (tertiary/aromatic N) is 3. The molecule has 2 aromatic rings. The van der Waals surface area contributed by atoms with Gasteiger partial charge in [0.05, 0.1) is 30.2 Å². The highest BCUT2D eigenvalue weighted by atomic mass is 16.5. The molecule has 1 aliphatic carbocycles. The van der Waals surface area contributed by atoms with Crippen LogP contribution in [0.2, 0.25) is 0 Å². The second-order valence-electron chi connectivity index (χ2n) is 9.07. The van der Waals surface area contributed by atoms with E-state index in [1.54, 1.807) is 0 Å². The molecular formula is C23H32N4O3. The number of hydrogen-bond acceptors (Lipinski definition) is 7. The van der Waals surface area contributed by atoms with E-state index in [1.807, 2.05) is 12.4 Å². The number of fused-ring (bicyclic) bond motifs is 1. The Balaban J connectivity index is 1.47. The fourth-order valence-electron chi connectivity index (χ4n) is 5.03. The Morgan fingerprint density at radius 3 is 2.63 bits per heavy atom. The Bertz CT molecular complexity index is 857. The first kappa shape index (κ1) is 20.1. The summed E-state index contributed by atoms with van der Waals surface area (Å²) < 4.78 is 11.7. The molecule has 2 aliphatic heterocycles. The largest absolute Gasteiger partial charge is 0.474 e. The summed E-state index contributed by atoms with van der Waals surface area (Å²) in [6, 6.07) is 0. The van der Waals surface area contributed by atoms with Gasteiger partial charge in [0.2, 0.25) is 5.88 Å². The molecule has 3 aliphatic rings. The van der Waals surface area contributed by atoms with Gasteiger partial charge in [-0.1, -0.05) is 0 Å². The minimum atomic E-state index is -0.170. The summed E-state index contributed by atoms with van der Waals surface area (Å²) in [6.45, 7) is 3.60. The first-order valence-corrected chi connectivity index (χ1v) is 11.5. The predicted molar refractivity (Wildman–Crippen MR) is 114 cm³/mol. The number of hydrogen-bond donors (Lipinski definition) is 2. The van der Waals surface area contributed by atoms with Crippen molar-refractivity contribution in [2.24, 2.45) is 5.92 Å². The van der Waals surface area contributed by atoms with Crippen molar-refractivity contribution in [3.63, 3.8) is 0 Å². The molecule has 2 N–H and O–H groups in total. The molecule has 1 atom stereocenters. The molecule has 162 valence electrons. The van der Waals surface area contributed by atoms with E-state index in [1.165, 1.54) is 12.0 Å². The van der Waals surface area contributed by atoms with Crippen LogP contribution in [0.15, 0.2) is 12.4 Å². The van der Waals surface area contributed by atoms with Crippen molar-refractivity contribution in [3.8, 4) is 5.88 Å². The third-order valence-corrected chi connectivity index (χ3v) is 6.88. The van der Waals surface area contributed by atoms with Crippen LogP contribution < -0.4 is 10.1 Å². The van der Waals surface area contributed by atoms with Crippen LogP contribution in [0.1, 0.15) is 62.3 Å². The molecule has 0 aromatic carbocycles. The van der Waals surface area contributed by atoms with E-state index in [4.69, 9.17) is 24.4 Å². The van der Waals surface area contributed by atoms with E-state index in [0.717, 1.165) is 88.0 Å². The maximum absolute atomic E-state index is 9.94. The highest BCUT2D eigenvalue weighted by Gasteiger charge is 2.26. The number of nitrogens with one attached hydrogen (secondary N) is 1. The zero-order chi connectivity index (χ0) is 20.3. The van der Waals surface area contributed by atoms with Crippen molar-refractivity contribution in [1.82, 2.24) is 20.3 Å². The molecule has 0 spiro atoms. The molecule has 0 unspecified atom stereocenters. The van der Waals surface area contributed by atoms with Crippen LogP contribution >= 0.6 is 0 Å². The van der Waals surface area contributed by atoms with Crippen molar-refractivity contribution in [2.45, 2.75) is 69.5 Å². The Hall–Kier alpha value is -1.83. The van der Waals surface area contributed by atoms with E-state index in [-0.39, 0.29) is 12.2 Å². The average molecular weight is 413 g/mol. The number of aromatic nitrogens is 3. The molecule has 3 fully saturated rings. The number of ether oxygens (including phenoxy) is 2. The SMILES string of the molecule is OC1CCC(c2cnc(OC3CCOCC3)c3cnc(C[C@H]4CCNC4)nc23)CC1. The van der Waals surface area contributed by atoms with Crippen molar-refractivity contribution >= 4 is 10.9 Å². The fraction of sp³-hybridized carbons (Fsp3) is 0.696. The molecule has 0 radical (unpaired) electrons. The molecular weight excluding hydrogens is 380 g/mol. The predicted octanol–water partition coefficient (Wildman–Crippen LogP) is 2.75. The van der Waals surface area contributed by atoms with E-state index in [9.17, 15) is 5.11 Å². The number of rotatable bonds is 5. The van der Waals surface area contributed by atoms with Crippen molar-refractivity contribution in [2.75, 3.05) is 26.3 Å². The van der Waals surface area contributed by atoms with Crippen LogP contribution in [-0.2, 0) is 11.2 Å². The lowest BCUT2D eigenvalue weighted by atomic mass is 9.82. The lowest BCUT2D eigenvalue weighted by molar-refractivity contribution is 0.0244. The third-order valence-electron chi connectivity index (χ3n) is 6.88. The fourth-order valence-corrected chi connectivity index (χ4v) is 5.03. The summed E-state index contributed by atoms with van der Waals surface area (Å²) >= 11 is 0. The summed E-state index contributed by atoms with van der Waals surface area (Å²) in [6.07, 6.45) is 11.4. The number of aliphatic hydroxyl groups is 1. The van der Waals surface area contributed by atoms with E-state index in [2.05, 4.69) is 5.32 Å². The summed E-state index contributed by atoms with van der Waals surface area (Å²) in [4.78, 5) is 14.5. The summed E-state index contributed by atoms with van der Waals surface area (Å²) in [7, 11) is 0. The second-order valence-corrected chi connectivity index (χ2v) is 9.07. The van der Waals surface area contributed by atoms with Gasteiger partial charge in [-0.3, -0.25) is 0 Å². The maximum atomic E-state index is 9.94. The minimum absolute atomic E-state index is 0.134. The molecule has 30 heavy (non-hydrogen) atoms. The van der Waals surface area contributed by atoms with Crippen LogP contribution in [-0.4, -0.2) is 58.6 Å².